The summed E-state index contributed by atoms with van der Waals surface area (Å²) in [5.41, 5.74) is -0.0551. The smallest absolute Gasteiger partial charge is 0.416 e. The fourth-order valence-electron chi connectivity index (χ4n) is 2.68. The van der Waals surface area contributed by atoms with E-state index in [2.05, 4.69) is 37.7 Å². The minimum Gasteiger partial charge on any atom is -0.496 e. The molecule has 30 heavy (non-hydrogen) atoms. The van der Waals surface area contributed by atoms with Gasteiger partial charge in [-0.15, -0.1) is 0 Å². The number of aliphatic imine (C=N–C) groups is 1. The maximum atomic E-state index is 13.2. The van der Waals surface area contributed by atoms with E-state index in [-0.39, 0.29) is 22.7 Å². The van der Waals surface area contributed by atoms with Crippen molar-refractivity contribution < 1.29 is 17.9 Å². The van der Waals surface area contributed by atoms with Gasteiger partial charge in [0.1, 0.15) is 10.4 Å². The third-order valence-corrected chi connectivity index (χ3v) is 5.70. The quantitative estimate of drug-likeness (QED) is 0.351. The number of alkyl halides is 3. The van der Waals surface area contributed by atoms with Gasteiger partial charge in [-0.1, -0.05) is 13.3 Å². The number of nitriles is 1. The number of hydrogen-bond acceptors (Lipinski definition) is 4. The van der Waals surface area contributed by atoms with Gasteiger partial charge in [0.2, 0.25) is 6.19 Å². The summed E-state index contributed by atoms with van der Waals surface area (Å²) < 4.78 is 47.6. The first-order chi connectivity index (χ1) is 14.0. The Morgan fingerprint density at radius 1 is 1.27 bits per heavy atom. The first kappa shape index (κ1) is 23.7. The Morgan fingerprint density at radius 3 is 2.50 bits per heavy atom. The van der Waals surface area contributed by atoms with Crippen LogP contribution in [-0.4, -0.2) is 16.9 Å². The van der Waals surface area contributed by atoms with Crippen molar-refractivity contribution >= 4 is 17.4 Å². The average Bonchev–Trinajstić information content (AvgIpc) is 3.08. The summed E-state index contributed by atoms with van der Waals surface area (Å²) in [5, 5.41) is 9.15. The molecular formula is C21H25F3N4OS. The number of methoxy groups -OCH3 is 1. The van der Waals surface area contributed by atoms with E-state index in [1.807, 2.05) is 10.2 Å². The number of nitrogens with zero attached hydrogens (tertiary/aromatic N) is 4. The van der Waals surface area contributed by atoms with Gasteiger partial charge < -0.3 is 4.74 Å². The monoisotopic (exact) mass is 438 g/mol. The molecule has 0 spiro atoms. The molecule has 5 nitrogen and oxygen atoms in total. The van der Waals surface area contributed by atoms with E-state index in [1.165, 1.54) is 24.7 Å². The molecule has 0 bridgehead atoms. The highest BCUT2D eigenvalue weighted by Crippen LogP contribution is 2.33. The van der Waals surface area contributed by atoms with E-state index in [0.29, 0.717) is 4.67 Å². The van der Waals surface area contributed by atoms with Crippen LogP contribution in [-0.2, 0) is 18.1 Å². The van der Waals surface area contributed by atoms with Crippen molar-refractivity contribution in [3.05, 3.63) is 45.8 Å². The first-order valence-corrected chi connectivity index (χ1v) is 10.3. The summed E-state index contributed by atoms with van der Waals surface area (Å²) in [6.45, 7) is 8.24. The van der Waals surface area contributed by atoms with Crippen LogP contribution in [0.25, 0.3) is 0 Å². The fourth-order valence-corrected chi connectivity index (χ4v) is 3.72. The van der Waals surface area contributed by atoms with Crippen LogP contribution in [0, 0.1) is 11.5 Å². The second-order valence-electron chi connectivity index (χ2n) is 7.71. The number of amidine groups is 1. The van der Waals surface area contributed by atoms with Crippen molar-refractivity contribution in [2.24, 2.45) is 9.98 Å². The maximum Gasteiger partial charge on any atom is 0.416 e. The normalized spacial score (nSPS) is 13.4. The van der Waals surface area contributed by atoms with Gasteiger partial charge in [0.05, 0.1) is 18.2 Å². The predicted molar refractivity (Wildman–Crippen MR) is 112 cm³/mol. The van der Waals surface area contributed by atoms with Gasteiger partial charge in [0.25, 0.3) is 0 Å². The first-order valence-electron chi connectivity index (χ1n) is 9.50. The standard InChI is InChI=1S/C21H25F3N4OS/c1-6-7-8-14-12-28(20(2,3)4)30-19(14)27-18(26-13-25)16-11-15(21(22,23)24)9-10-17(16)29-5/h9-12H,6-8H2,1-5H3. The molecule has 0 fully saturated rings. The van der Waals surface area contributed by atoms with Crippen LogP contribution < -0.4 is 9.41 Å². The highest BCUT2D eigenvalue weighted by molar-refractivity contribution is 7.04. The van der Waals surface area contributed by atoms with E-state index < -0.39 is 11.7 Å². The molecule has 2 rings (SSSR count). The van der Waals surface area contributed by atoms with Crippen LogP contribution in [0.4, 0.5) is 13.2 Å². The van der Waals surface area contributed by atoms with Crippen LogP contribution in [0.5, 0.6) is 5.75 Å². The topological polar surface area (TPSA) is 62.7 Å². The van der Waals surface area contributed by atoms with Crippen LogP contribution in [0.2, 0.25) is 0 Å². The van der Waals surface area contributed by atoms with Gasteiger partial charge in [-0.05, 0) is 63.3 Å². The molecule has 162 valence electrons. The number of benzene rings is 1. The summed E-state index contributed by atoms with van der Waals surface area (Å²) in [7, 11) is 1.35. The number of aryl methyl sites for hydroxylation is 1. The third-order valence-electron chi connectivity index (χ3n) is 4.32. The van der Waals surface area contributed by atoms with Gasteiger partial charge in [-0.25, -0.2) is 4.99 Å². The lowest BCUT2D eigenvalue weighted by Gasteiger charge is -2.19. The summed E-state index contributed by atoms with van der Waals surface area (Å²) in [6, 6.07) is 3.05. The van der Waals surface area contributed by atoms with Crippen molar-refractivity contribution in [2.75, 3.05) is 7.11 Å². The molecule has 0 aliphatic rings. The van der Waals surface area contributed by atoms with E-state index in [1.54, 1.807) is 6.19 Å². The van der Waals surface area contributed by atoms with Crippen molar-refractivity contribution in [2.45, 2.75) is 58.7 Å². The molecular weight excluding hydrogens is 413 g/mol. The summed E-state index contributed by atoms with van der Waals surface area (Å²) in [5.74, 6) is 0.0530. The fraction of sp³-hybridized carbons (Fsp3) is 0.476. The average molecular weight is 439 g/mol. The molecule has 2 aromatic rings. The molecule has 0 saturated heterocycles. The molecule has 1 aromatic carbocycles. The second-order valence-corrected chi connectivity index (χ2v) is 8.67. The molecule has 9 heteroatoms. The number of rotatable bonds is 5. The summed E-state index contributed by atoms with van der Waals surface area (Å²) >= 11 is 1.39. The van der Waals surface area contributed by atoms with Gasteiger partial charge in [0, 0.05) is 17.3 Å². The minimum absolute atomic E-state index is 0.0195. The van der Waals surface area contributed by atoms with Crippen LogP contribution in [0.1, 0.15) is 57.2 Å². The summed E-state index contributed by atoms with van der Waals surface area (Å²) in [4.78, 5) is 8.24. The Kier molecular flexibility index (Phi) is 7.48. The Balaban J connectivity index is 2.72. The number of ether oxygens (including phenoxy) is 1. The van der Waals surface area contributed by atoms with Crippen molar-refractivity contribution in [1.82, 2.24) is 3.96 Å². The lowest BCUT2D eigenvalue weighted by atomic mass is 10.1. The Labute approximate surface area is 178 Å². The van der Waals surface area contributed by atoms with Crippen LogP contribution in [0.3, 0.4) is 0 Å². The lowest BCUT2D eigenvalue weighted by Crippen LogP contribution is -2.18. The lowest BCUT2D eigenvalue weighted by molar-refractivity contribution is -0.137. The SMILES string of the molecule is CCCCc1cn(C(C)(C)C)sc1=NC(=NC#N)c1cc(C(F)(F)F)ccc1OC. The van der Waals surface area contributed by atoms with E-state index in [0.717, 1.165) is 37.0 Å². The zero-order valence-electron chi connectivity index (χ0n) is 17.7. The van der Waals surface area contributed by atoms with Gasteiger partial charge in [-0.3, -0.25) is 3.96 Å². The zero-order valence-corrected chi connectivity index (χ0v) is 18.5. The van der Waals surface area contributed by atoms with Crippen molar-refractivity contribution in [3.8, 4) is 11.9 Å². The molecule has 0 amide bonds. The van der Waals surface area contributed by atoms with Crippen molar-refractivity contribution in [3.63, 3.8) is 0 Å². The second kappa shape index (κ2) is 9.47. The van der Waals surface area contributed by atoms with E-state index in [4.69, 9.17) is 10.00 Å². The number of hydrogen-bond donors (Lipinski definition) is 0. The molecule has 0 N–H and O–H groups in total. The summed E-state index contributed by atoms with van der Waals surface area (Å²) in [6.07, 6.45) is 1.83. The van der Waals surface area contributed by atoms with E-state index >= 15 is 0 Å². The Hall–Kier alpha value is -2.60. The van der Waals surface area contributed by atoms with Gasteiger partial charge >= 0.3 is 6.18 Å². The predicted octanol–water partition coefficient (Wildman–Crippen LogP) is 5.50. The molecule has 0 aliphatic carbocycles. The number of unbranched alkanes of at least 4 members (excludes halogenated alkanes) is 1. The minimum atomic E-state index is -4.54. The highest BCUT2D eigenvalue weighted by Gasteiger charge is 2.32. The van der Waals surface area contributed by atoms with Crippen LogP contribution >= 0.6 is 11.5 Å². The molecule has 0 atom stereocenters. The van der Waals surface area contributed by atoms with E-state index in [9.17, 15) is 13.2 Å². The maximum absolute atomic E-state index is 13.2. The highest BCUT2D eigenvalue weighted by atomic mass is 32.1. The molecule has 0 unspecified atom stereocenters. The molecule has 1 aromatic heterocycles. The van der Waals surface area contributed by atoms with Gasteiger partial charge in [0.15, 0.2) is 5.84 Å². The third kappa shape index (κ3) is 5.72. The largest absolute Gasteiger partial charge is 0.496 e. The van der Waals surface area contributed by atoms with Crippen molar-refractivity contribution in [1.29, 1.82) is 5.26 Å². The Morgan fingerprint density at radius 2 is 1.97 bits per heavy atom. The zero-order chi connectivity index (χ0) is 22.5. The van der Waals surface area contributed by atoms with Crippen LogP contribution in [0.15, 0.2) is 34.4 Å². The molecule has 1 heterocycles. The Bertz CT molecular complexity index is 1020. The number of halogens is 3. The molecule has 0 saturated carbocycles. The number of aromatic nitrogens is 1. The van der Waals surface area contributed by atoms with Gasteiger partial charge in [-0.2, -0.15) is 23.4 Å². The molecule has 0 aliphatic heterocycles. The molecule has 0 radical (unpaired) electrons.